The number of hydrogen-bond acceptors (Lipinski definition) is 3. The van der Waals surface area contributed by atoms with Crippen LogP contribution in [0.3, 0.4) is 0 Å². The highest BCUT2D eigenvalue weighted by molar-refractivity contribution is 5.92. The molecule has 0 heterocycles. The molecule has 1 aliphatic carbocycles. The number of nitrogens with one attached hydrogen (secondary N) is 3. The number of amides is 3. The molecule has 0 aromatic heterocycles. The molecule has 7 nitrogen and oxygen atoms in total. The molecule has 0 bridgehead atoms. The fourth-order valence-corrected chi connectivity index (χ4v) is 3.22. The van der Waals surface area contributed by atoms with Gasteiger partial charge >= 0.3 is 6.09 Å². The van der Waals surface area contributed by atoms with Gasteiger partial charge in [-0.05, 0) is 39.5 Å². The van der Waals surface area contributed by atoms with Crippen LogP contribution in [-0.4, -0.2) is 40.1 Å². The standard InChI is InChI=1S/C16H27N3O4/c1-6-7-11-8-12(17-14(22)23)9-16(11,18-10(2)20)13(21)19-15(3,4)5/h6,11-12,17H,1,7-9H2,2-5H3,(H,18,20)(H,19,21)(H,22,23)/t11-,12+,16+/m1/s1. The molecule has 3 amide bonds. The van der Waals surface area contributed by atoms with E-state index in [1.165, 1.54) is 6.92 Å². The molecule has 0 unspecified atom stereocenters. The van der Waals surface area contributed by atoms with Crippen LogP contribution in [0.15, 0.2) is 12.7 Å². The summed E-state index contributed by atoms with van der Waals surface area (Å²) in [6.07, 6.45) is 1.75. The van der Waals surface area contributed by atoms with E-state index in [-0.39, 0.29) is 24.2 Å². The Balaban J connectivity index is 3.17. The first kappa shape index (κ1) is 19.0. The van der Waals surface area contributed by atoms with Gasteiger partial charge in [-0.1, -0.05) is 6.08 Å². The second kappa shape index (κ2) is 7.02. The summed E-state index contributed by atoms with van der Waals surface area (Å²) < 4.78 is 0. The van der Waals surface area contributed by atoms with E-state index in [9.17, 15) is 14.4 Å². The SMILES string of the molecule is C=CC[C@@H]1C[C@H](NC(=O)O)C[C@@]1(NC(C)=O)C(=O)NC(C)(C)C. The zero-order chi connectivity index (χ0) is 17.8. The molecule has 0 aromatic carbocycles. The minimum absolute atomic E-state index is 0.219. The quantitative estimate of drug-likeness (QED) is 0.573. The van der Waals surface area contributed by atoms with Crippen molar-refractivity contribution in [2.45, 2.75) is 64.1 Å². The van der Waals surface area contributed by atoms with E-state index in [4.69, 9.17) is 5.11 Å². The van der Waals surface area contributed by atoms with Crippen LogP contribution in [0, 0.1) is 5.92 Å². The largest absolute Gasteiger partial charge is 0.465 e. The Labute approximate surface area is 136 Å². The van der Waals surface area contributed by atoms with Crippen molar-refractivity contribution in [2.24, 2.45) is 5.92 Å². The Morgan fingerprint density at radius 3 is 2.39 bits per heavy atom. The minimum atomic E-state index is -1.14. The summed E-state index contributed by atoms with van der Waals surface area (Å²) in [5.74, 6) is -0.830. The van der Waals surface area contributed by atoms with Crippen molar-refractivity contribution in [3.63, 3.8) is 0 Å². The average Bonchev–Trinajstić information content (AvgIpc) is 2.64. The van der Waals surface area contributed by atoms with E-state index in [1.54, 1.807) is 6.08 Å². The molecule has 1 fully saturated rings. The van der Waals surface area contributed by atoms with Crippen molar-refractivity contribution >= 4 is 17.9 Å². The third-order valence-corrected chi connectivity index (χ3v) is 3.91. The summed E-state index contributed by atoms with van der Waals surface area (Å²) >= 11 is 0. The van der Waals surface area contributed by atoms with Crippen LogP contribution in [0.1, 0.15) is 47.0 Å². The lowest BCUT2D eigenvalue weighted by Gasteiger charge is -2.37. The molecule has 0 aliphatic heterocycles. The van der Waals surface area contributed by atoms with Gasteiger partial charge in [-0.15, -0.1) is 6.58 Å². The third-order valence-electron chi connectivity index (χ3n) is 3.91. The second-order valence-corrected chi connectivity index (χ2v) is 7.16. The predicted molar refractivity (Wildman–Crippen MR) is 86.9 cm³/mol. The monoisotopic (exact) mass is 325 g/mol. The maximum absolute atomic E-state index is 12.9. The van der Waals surface area contributed by atoms with Crippen LogP contribution in [-0.2, 0) is 9.59 Å². The van der Waals surface area contributed by atoms with E-state index in [0.717, 1.165) is 0 Å². The Morgan fingerprint density at radius 1 is 1.35 bits per heavy atom. The summed E-state index contributed by atoms with van der Waals surface area (Å²) in [5, 5.41) is 17.1. The highest BCUT2D eigenvalue weighted by Crippen LogP contribution is 2.39. The van der Waals surface area contributed by atoms with E-state index in [1.807, 2.05) is 20.8 Å². The van der Waals surface area contributed by atoms with Gasteiger partial charge in [-0.25, -0.2) is 4.79 Å². The van der Waals surface area contributed by atoms with Crippen molar-refractivity contribution in [1.82, 2.24) is 16.0 Å². The molecule has 130 valence electrons. The summed E-state index contributed by atoms with van der Waals surface area (Å²) in [5.41, 5.74) is -1.60. The molecule has 23 heavy (non-hydrogen) atoms. The average molecular weight is 325 g/mol. The molecule has 1 saturated carbocycles. The molecule has 1 aliphatic rings. The van der Waals surface area contributed by atoms with Gasteiger partial charge in [0.25, 0.3) is 0 Å². The van der Waals surface area contributed by atoms with Crippen LogP contribution >= 0.6 is 0 Å². The minimum Gasteiger partial charge on any atom is -0.465 e. The molecule has 0 spiro atoms. The topological polar surface area (TPSA) is 108 Å². The van der Waals surface area contributed by atoms with Crippen LogP contribution < -0.4 is 16.0 Å². The molecule has 4 N–H and O–H groups in total. The van der Waals surface area contributed by atoms with Crippen LogP contribution in [0.5, 0.6) is 0 Å². The Hall–Kier alpha value is -2.05. The van der Waals surface area contributed by atoms with Crippen LogP contribution in [0.2, 0.25) is 0 Å². The molecule has 7 heteroatoms. The first-order valence-electron chi connectivity index (χ1n) is 7.72. The van der Waals surface area contributed by atoms with Crippen molar-refractivity contribution in [3.8, 4) is 0 Å². The van der Waals surface area contributed by atoms with Gasteiger partial charge in [-0.2, -0.15) is 0 Å². The molecule has 3 atom stereocenters. The first-order chi connectivity index (χ1) is 10.5. The zero-order valence-corrected chi connectivity index (χ0v) is 14.2. The van der Waals surface area contributed by atoms with Gasteiger partial charge in [0.05, 0.1) is 0 Å². The summed E-state index contributed by atoms with van der Waals surface area (Å²) in [7, 11) is 0. The Morgan fingerprint density at radius 2 is 1.96 bits per heavy atom. The van der Waals surface area contributed by atoms with Crippen molar-refractivity contribution in [3.05, 3.63) is 12.7 Å². The number of allylic oxidation sites excluding steroid dienone is 1. The maximum Gasteiger partial charge on any atom is 0.404 e. The molecular weight excluding hydrogens is 298 g/mol. The fourth-order valence-electron chi connectivity index (χ4n) is 3.22. The highest BCUT2D eigenvalue weighted by atomic mass is 16.4. The summed E-state index contributed by atoms with van der Waals surface area (Å²) in [6.45, 7) is 10.6. The Bertz CT molecular complexity index is 498. The van der Waals surface area contributed by atoms with Crippen LogP contribution in [0.4, 0.5) is 4.79 Å². The number of carbonyl (C=O) groups is 3. The lowest BCUT2D eigenvalue weighted by Crippen LogP contribution is -2.63. The zero-order valence-electron chi connectivity index (χ0n) is 14.2. The molecular formula is C16H27N3O4. The van der Waals surface area contributed by atoms with Gasteiger partial charge in [0, 0.05) is 24.9 Å². The molecule has 0 aromatic rings. The van der Waals surface area contributed by atoms with Gasteiger partial charge in [0.2, 0.25) is 11.8 Å². The van der Waals surface area contributed by atoms with Crippen molar-refractivity contribution < 1.29 is 19.5 Å². The number of hydrogen-bond donors (Lipinski definition) is 4. The summed E-state index contributed by atoms with van der Waals surface area (Å²) in [4.78, 5) is 35.5. The first-order valence-corrected chi connectivity index (χ1v) is 7.72. The maximum atomic E-state index is 12.9. The number of carboxylic acid groups (broad SMARTS) is 1. The normalized spacial score (nSPS) is 27.1. The van der Waals surface area contributed by atoms with Crippen molar-refractivity contribution in [1.29, 1.82) is 0 Å². The predicted octanol–water partition coefficient (Wildman–Crippen LogP) is 1.40. The third kappa shape index (κ3) is 4.97. The molecule has 0 radical (unpaired) electrons. The molecule has 0 saturated heterocycles. The molecule has 1 rings (SSSR count). The van der Waals surface area contributed by atoms with E-state index in [2.05, 4.69) is 22.5 Å². The highest BCUT2D eigenvalue weighted by Gasteiger charge is 2.53. The van der Waals surface area contributed by atoms with Gasteiger partial charge < -0.3 is 21.1 Å². The number of carbonyl (C=O) groups excluding carboxylic acids is 2. The lowest BCUT2D eigenvalue weighted by molar-refractivity contribution is -0.135. The lowest BCUT2D eigenvalue weighted by atomic mass is 9.82. The van der Waals surface area contributed by atoms with Crippen molar-refractivity contribution in [2.75, 3.05) is 0 Å². The smallest absolute Gasteiger partial charge is 0.404 e. The van der Waals surface area contributed by atoms with E-state index < -0.39 is 23.2 Å². The second-order valence-electron chi connectivity index (χ2n) is 7.16. The van der Waals surface area contributed by atoms with Gasteiger partial charge in [0.15, 0.2) is 0 Å². The fraction of sp³-hybridized carbons (Fsp3) is 0.688. The van der Waals surface area contributed by atoms with E-state index >= 15 is 0 Å². The summed E-state index contributed by atoms with van der Waals surface area (Å²) in [6, 6.07) is -0.394. The van der Waals surface area contributed by atoms with E-state index in [0.29, 0.717) is 12.8 Å². The van der Waals surface area contributed by atoms with Gasteiger partial charge in [-0.3, -0.25) is 9.59 Å². The van der Waals surface area contributed by atoms with Gasteiger partial charge in [0.1, 0.15) is 5.54 Å². The Kier molecular flexibility index (Phi) is 5.80. The number of rotatable bonds is 5. The van der Waals surface area contributed by atoms with Crippen LogP contribution in [0.25, 0.3) is 0 Å².